The zero-order valence-corrected chi connectivity index (χ0v) is 66.1. The molecule has 3 aliphatic heterocycles. The molecule has 7 fully saturated rings. The summed E-state index contributed by atoms with van der Waals surface area (Å²) in [5.41, 5.74) is -1.60. The molecular formula is C75H123ClF3N13O12S. The maximum absolute atomic E-state index is 16.0. The van der Waals surface area contributed by atoms with Crippen LogP contribution in [0, 0.1) is 35.5 Å². The van der Waals surface area contributed by atoms with Crippen molar-refractivity contribution in [3.63, 3.8) is 0 Å². The summed E-state index contributed by atoms with van der Waals surface area (Å²) >= 11 is 8.04. The van der Waals surface area contributed by atoms with Crippen LogP contribution in [-0.2, 0) is 57.5 Å². The fourth-order valence-corrected chi connectivity index (χ4v) is 18.6. The molecular weight excluding hydrogens is 1400 g/mol. The van der Waals surface area contributed by atoms with Crippen LogP contribution >= 0.6 is 23.4 Å². The van der Waals surface area contributed by atoms with Crippen molar-refractivity contribution in [1.29, 1.82) is 0 Å². The first-order chi connectivity index (χ1) is 49.6. The predicted molar refractivity (Wildman–Crippen MR) is 395 cm³/mol. The van der Waals surface area contributed by atoms with Crippen LogP contribution in [0.15, 0.2) is 0 Å². The average molecular weight is 1520 g/mol. The highest BCUT2D eigenvalue weighted by atomic mass is 35.5. The molecule has 30 heteroatoms. The Hall–Kier alpha value is -5.97. The highest BCUT2D eigenvalue weighted by Gasteiger charge is 2.52. The van der Waals surface area contributed by atoms with Gasteiger partial charge in [-0.2, -0.15) is 13.2 Å². The third-order valence-corrected chi connectivity index (χ3v) is 25.5. The van der Waals surface area contributed by atoms with E-state index in [1.165, 1.54) is 80.9 Å². The van der Waals surface area contributed by atoms with Gasteiger partial charge in [0.2, 0.25) is 70.9 Å². The molecule has 0 aromatic heterocycles. The second-order valence-corrected chi connectivity index (χ2v) is 33.8. The molecule has 105 heavy (non-hydrogen) atoms. The van der Waals surface area contributed by atoms with Gasteiger partial charge in [-0.25, -0.2) is 0 Å². The predicted octanol–water partition coefficient (Wildman–Crippen LogP) is 6.37. The molecule has 12 atom stereocenters. The maximum Gasteiger partial charge on any atom is 0.393 e. The number of nitrogens with one attached hydrogen (secondary N) is 4. The number of carbonyl (C=O) groups excluding carboxylic acids is 12. The number of likely N-dealkylation sites (N-methyl/N-ethyl adjacent to an activating group) is 8. The third-order valence-electron chi connectivity index (χ3n) is 24.0. The lowest BCUT2D eigenvalue weighted by atomic mass is 9.78. The van der Waals surface area contributed by atoms with Crippen LogP contribution in [0.5, 0.6) is 0 Å². The van der Waals surface area contributed by atoms with Crippen molar-refractivity contribution in [2.24, 2.45) is 35.5 Å². The minimum Gasteiger partial charge on any atom is -0.343 e. The van der Waals surface area contributed by atoms with Crippen LogP contribution in [0.3, 0.4) is 0 Å². The molecule has 7 rings (SSSR count). The van der Waals surface area contributed by atoms with Gasteiger partial charge in [-0.3, -0.25) is 57.5 Å². The monoisotopic (exact) mass is 1520 g/mol. The van der Waals surface area contributed by atoms with Gasteiger partial charge >= 0.3 is 6.18 Å². The first-order valence-electron chi connectivity index (χ1n) is 38.9. The van der Waals surface area contributed by atoms with E-state index in [4.69, 9.17) is 11.6 Å². The van der Waals surface area contributed by atoms with E-state index in [1.54, 1.807) is 23.6 Å². The van der Waals surface area contributed by atoms with Crippen LogP contribution in [0.4, 0.5) is 13.2 Å². The second-order valence-electron chi connectivity index (χ2n) is 32.2. The zero-order valence-electron chi connectivity index (χ0n) is 64.5. The van der Waals surface area contributed by atoms with E-state index in [0.29, 0.717) is 69.7 Å². The van der Waals surface area contributed by atoms with Gasteiger partial charge in [0.25, 0.3) is 0 Å². The Morgan fingerprint density at radius 2 is 1.19 bits per heavy atom. The van der Waals surface area contributed by atoms with Crippen LogP contribution in [0.2, 0.25) is 0 Å². The normalized spacial score (nSPS) is 30.2. The number of hydrogen-bond donors (Lipinski definition) is 4. The molecule has 4 saturated carbocycles. The lowest BCUT2D eigenvalue weighted by molar-refractivity contribution is -0.182. The standard InChI is InChI=1S/C75H123ClF3N13O12S/c1-13-48(4)64-71(102)86(7)43-62(95)84(5)44-63(96)88(9)58(39-49-25-17-14-18-26-49)69(100)85(6)42-60(93)81-55(32-30-50-29-31-53(54(76)38-50)75(77,78)79)68(99)89(10)57(40-52-45-105-46-80-52)67(98)83-74(33-21-22-34-74)73(104)91(12)65(51-27-19-15-20-28-51)72(103)90(11)59(70(101)92-35-23-16-24-36-92)41-61(94)87(8)56(37-47(2)3)66(97)82-64/h47-59,64-65,80H,13-46H2,1-12H3,(H,81,93)(H,82,97)(H,83,98)/t48-,50?,52?,53?,54?,55-,56-,57-,58-,59-,64-,65-/m0/s1. The molecule has 0 aromatic carbocycles. The van der Waals surface area contributed by atoms with Crippen LogP contribution in [0.25, 0.3) is 0 Å². The van der Waals surface area contributed by atoms with E-state index >= 15 is 28.8 Å². The minimum atomic E-state index is -4.52. The van der Waals surface area contributed by atoms with Crippen LogP contribution in [0.1, 0.15) is 201 Å². The van der Waals surface area contributed by atoms with E-state index in [9.17, 15) is 41.9 Å². The summed E-state index contributed by atoms with van der Waals surface area (Å²) in [6.07, 6.45) is 7.15. The molecule has 0 radical (unpaired) electrons. The smallest absolute Gasteiger partial charge is 0.343 e. The topological polar surface area (TPSA) is 282 Å². The molecule has 4 unspecified atom stereocenters. The van der Waals surface area contributed by atoms with Crippen molar-refractivity contribution in [1.82, 2.24) is 65.4 Å². The van der Waals surface area contributed by atoms with Crippen molar-refractivity contribution in [3.8, 4) is 0 Å². The van der Waals surface area contributed by atoms with Gasteiger partial charge in [0.1, 0.15) is 47.8 Å². The van der Waals surface area contributed by atoms with Crippen molar-refractivity contribution in [2.75, 3.05) is 101 Å². The van der Waals surface area contributed by atoms with Gasteiger partial charge in [0, 0.05) is 92.5 Å². The molecule has 12 amide bonds. The van der Waals surface area contributed by atoms with E-state index < -0.39 is 174 Å². The zero-order chi connectivity index (χ0) is 77.4. The Balaban J connectivity index is 1.31. The van der Waals surface area contributed by atoms with Gasteiger partial charge in [0.15, 0.2) is 0 Å². The molecule has 4 aliphatic carbocycles. The highest BCUT2D eigenvalue weighted by molar-refractivity contribution is 7.99. The number of hydrogen-bond acceptors (Lipinski definition) is 14. The molecule has 3 saturated heterocycles. The summed E-state index contributed by atoms with van der Waals surface area (Å²) < 4.78 is 42.4. The second kappa shape index (κ2) is 39.4. The first-order valence-corrected chi connectivity index (χ1v) is 40.5. The summed E-state index contributed by atoms with van der Waals surface area (Å²) in [6, 6.07) is -9.09. The summed E-state index contributed by atoms with van der Waals surface area (Å²) in [6.45, 7) is 6.47. The lowest BCUT2D eigenvalue weighted by Gasteiger charge is -2.44. The van der Waals surface area contributed by atoms with E-state index in [0.717, 1.165) is 72.5 Å². The number of halogens is 4. The van der Waals surface area contributed by atoms with Crippen molar-refractivity contribution < 1.29 is 70.7 Å². The maximum atomic E-state index is 16.0. The summed E-state index contributed by atoms with van der Waals surface area (Å²) in [4.78, 5) is 193. The molecule has 0 aromatic rings. The van der Waals surface area contributed by atoms with E-state index in [-0.39, 0.29) is 88.0 Å². The van der Waals surface area contributed by atoms with Gasteiger partial charge < -0.3 is 65.4 Å². The minimum absolute atomic E-state index is 0.0136. The number of carbonyl (C=O) groups is 12. The Labute approximate surface area is 630 Å². The Bertz CT molecular complexity index is 3020. The number of piperidine rings is 1. The van der Waals surface area contributed by atoms with Gasteiger partial charge in [-0.15, -0.1) is 23.4 Å². The summed E-state index contributed by atoms with van der Waals surface area (Å²) in [5.74, 6) is -9.65. The van der Waals surface area contributed by atoms with E-state index in [2.05, 4.69) is 21.3 Å². The molecule has 3 heterocycles. The third kappa shape index (κ3) is 22.8. The fourth-order valence-electron chi connectivity index (χ4n) is 17.0. The van der Waals surface area contributed by atoms with Gasteiger partial charge in [-0.05, 0) is 126 Å². The first kappa shape index (κ1) is 86.3. The quantitative estimate of drug-likeness (QED) is 0.146. The number of amides is 12. The molecule has 594 valence electrons. The lowest BCUT2D eigenvalue weighted by Crippen LogP contribution is -2.66. The van der Waals surface area contributed by atoms with Gasteiger partial charge in [0.05, 0.1) is 32.0 Å². The molecule has 25 nitrogen and oxygen atoms in total. The summed E-state index contributed by atoms with van der Waals surface area (Å²) in [5, 5.41) is 11.1. The Morgan fingerprint density at radius 3 is 1.78 bits per heavy atom. The molecule has 0 bridgehead atoms. The van der Waals surface area contributed by atoms with Crippen molar-refractivity contribution >= 4 is 94.2 Å². The number of rotatable bonds is 13. The Morgan fingerprint density at radius 1 is 0.590 bits per heavy atom. The summed E-state index contributed by atoms with van der Waals surface area (Å²) in [7, 11) is 11.5. The number of thioether (sulfide) groups is 1. The average Bonchev–Trinajstić information content (AvgIpc) is 1.76. The number of nitrogens with zero attached hydrogens (tertiary/aromatic N) is 9. The van der Waals surface area contributed by atoms with Crippen LogP contribution in [-0.4, -0.2) is 281 Å². The van der Waals surface area contributed by atoms with Crippen molar-refractivity contribution in [3.05, 3.63) is 0 Å². The molecule has 4 N–H and O–H groups in total. The SMILES string of the molecule is CC[C@H](C)[C@@H]1NC(=O)[C@H](CC(C)C)N(C)C(=O)C[C@@H](C(=O)N2CCCCC2)N(C)C(=O)[C@H](C2CCCCC2)N(C)C(=O)C2(CCCC2)NC(=O)[C@H](CC2CSCN2)N(C)C(=O)[C@H](CCC2CCC(C(F)(F)F)C(Cl)C2)NC(=O)CN(C)C(=O)[C@H](CC2CCCCC2)N(C)C(=O)CN(C)C(=O)CN(C)C1=O. The fraction of sp³-hybridized carbons (Fsp3) is 0.840. The Kier molecular flexibility index (Phi) is 32.4. The van der Waals surface area contributed by atoms with Gasteiger partial charge in [-0.1, -0.05) is 98.3 Å². The van der Waals surface area contributed by atoms with Crippen LogP contribution < -0.4 is 21.3 Å². The molecule has 1 spiro atoms. The highest BCUT2D eigenvalue weighted by Crippen LogP contribution is 2.44. The number of likely N-dealkylation sites (tertiary alicyclic amines) is 1. The van der Waals surface area contributed by atoms with Crippen molar-refractivity contribution in [2.45, 2.75) is 266 Å². The largest absolute Gasteiger partial charge is 0.393 e. The van der Waals surface area contributed by atoms with E-state index in [1.807, 2.05) is 20.8 Å². The molecule has 7 aliphatic rings. The number of alkyl halides is 4.